The summed E-state index contributed by atoms with van der Waals surface area (Å²) in [5, 5.41) is 5.64. The zero-order chi connectivity index (χ0) is 12.0. The van der Waals surface area contributed by atoms with E-state index in [0.29, 0.717) is 6.54 Å². The van der Waals surface area contributed by atoms with Gasteiger partial charge in [-0.05, 0) is 25.8 Å². The van der Waals surface area contributed by atoms with E-state index in [4.69, 9.17) is 0 Å². The third-order valence-corrected chi connectivity index (χ3v) is 2.60. The van der Waals surface area contributed by atoms with Crippen molar-refractivity contribution in [1.29, 1.82) is 0 Å². The van der Waals surface area contributed by atoms with Gasteiger partial charge in [0, 0.05) is 19.5 Å². The van der Waals surface area contributed by atoms with E-state index in [2.05, 4.69) is 10.6 Å². The fourth-order valence-corrected chi connectivity index (χ4v) is 1.72. The van der Waals surface area contributed by atoms with Crippen LogP contribution in [0.3, 0.4) is 0 Å². The van der Waals surface area contributed by atoms with Crippen LogP contribution in [0.25, 0.3) is 0 Å². The number of amides is 1. The van der Waals surface area contributed by atoms with Crippen molar-refractivity contribution in [2.45, 2.75) is 31.9 Å². The quantitative estimate of drug-likeness (QED) is 0.728. The van der Waals surface area contributed by atoms with Crippen molar-refractivity contribution in [2.75, 3.05) is 19.6 Å². The molecule has 1 fully saturated rings. The summed E-state index contributed by atoms with van der Waals surface area (Å²) in [7, 11) is 0. The average molecular weight is 238 g/mol. The predicted molar refractivity (Wildman–Crippen MR) is 53.9 cm³/mol. The van der Waals surface area contributed by atoms with Gasteiger partial charge in [-0.1, -0.05) is 0 Å². The summed E-state index contributed by atoms with van der Waals surface area (Å²) in [5.74, 6) is -0.214. The topological polar surface area (TPSA) is 41.1 Å². The van der Waals surface area contributed by atoms with Crippen LogP contribution in [0.4, 0.5) is 13.2 Å². The number of alkyl halides is 3. The fraction of sp³-hybridized carbons (Fsp3) is 0.900. The van der Waals surface area contributed by atoms with Gasteiger partial charge in [-0.2, -0.15) is 13.2 Å². The van der Waals surface area contributed by atoms with Gasteiger partial charge in [-0.3, -0.25) is 4.79 Å². The lowest BCUT2D eigenvalue weighted by Gasteiger charge is -2.21. The van der Waals surface area contributed by atoms with Crippen LogP contribution in [-0.2, 0) is 4.79 Å². The largest absolute Gasteiger partial charge is 0.389 e. The molecule has 0 aromatic rings. The van der Waals surface area contributed by atoms with Crippen LogP contribution >= 0.6 is 0 Å². The molecule has 0 aliphatic carbocycles. The second-order valence-electron chi connectivity index (χ2n) is 4.05. The molecular formula is C10H17F3N2O. The molecule has 6 heteroatoms. The van der Waals surface area contributed by atoms with Crippen molar-refractivity contribution in [3.8, 4) is 0 Å². The van der Waals surface area contributed by atoms with Crippen molar-refractivity contribution in [1.82, 2.24) is 10.6 Å². The van der Waals surface area contributed by atoms with E-state index in [1.807, 2.05) is 0 Å². The number of carbonyl (C=O) groups excluding carboxylic acids is 1. The highest BCUT2D eigenvalue weighted by molar-refractivity contribution is 5.78. The molecule has 1 aliphatic heterocycles. The van der Waals surface area contributed by atoms with Gasteiger partial charge in [0.15, 0.2) is 0 Å². The van der Waals surface area contributed by atoms with E-state index in [9.17, 15) is 18.0 Å². The molecule has 1 rings (SSSR count). The molecule has 3 nitrogen and oxygen atoms in total. The Labute approximate surface area is 92.8 Å². The van der Waals surface area contributed by atoms with E-state index < -0.39 is 12.6 Å². The Bertz CT molecular complexity index is 225. The molecule has 2 N–H and O–H groups in total. The van der Waals surface area contributed by atoms with Crippen LogP contribution in [0.1, 0.15) is 25.7 Å². The molecule has 0 aromatic carbocycles. The van der Waals surface area contributed by atoms with E-state index in [0.717, 1.165) is 19.4 Å². The second-order valence-corrected chi connectivity index (χ2v) is 4.05. The summed E-state index contributed by atoms with van der Waals surface area (Å²) in [4.78, 5) is 11.5. The minimum atomic E-state index is -4.13. The molecule has 1 saturated heterocycles. The minimum absolute atomic E-state index is 0.0462. The smallest absolute Gasteiger partial charge is 0.356 e. The van der Waals surface area contributed by atoms with Gasteiger partial charge in [-0.25, -0.2) is 0 Å². The fourth-order valence-electron chi connectivity index (χ4n) is 1.72. The van der Waals surface area contributed by atoms with Crippen LogP contribution in [0.15, 0.2) is 0 Å². The van der Waals surface area contributed by atoms with Gasteiger partial charge in [0.2, 0.25) is 5.91 Å². The van der Waals surface area contributed by atoms with Crippen molar-refractivity contribution in [3.05, 3.63) is 0 Å². The SMILES string of the molecule is O=C(NCCCC(F)(F)F)[C@@H]1CCCNC1. The van der Waals surface area contributed by atoms with Gasteiger partial charge >= 0.3 is 6.18 Å². The third-order valence-electron chi connectivity index (χ3n) is 2.60. The summed E-state index contributed by atoms with van der Waals surface area (Å²) >= 11 is 0. The first-order valence-electron chi connectivity index (χ1n) is 5.54. The number of hydrogen-bond donors (Lipinski definition) is 2. The van der Waals surface area contributed by atoms with Gasteiger partial charge in [0.05, 0.1) is 5.92 Å². The van der Waals surface area contributed by atoms with Crippen LogP contribution < -0.4 is 10.6 Å². The summed E-state index contributed by atoms with van der Waals surface area (Å²) in [6, 6.07) is 0. The molecule has 1 aliphatic rings. The Morgan fingerprint density at radius 1 is 1.44 bits per heavy atom. The highest BCUT2D eigenvalue weighted by atomic mass is 19.4. The van der Waals surface area contributed by atoms with Crippen LogP contribution in [0.2, 0.25) is 0 Å². The van der Waals surface area contributed by atoms with E-state index in [1.54, 1.807) is 0 Å². The lowest BCUT2D eigenvalue weighted by molar-refractivity contribution is -0.136. The first-order valence-corrected chi connectivity index (χ1v) is 5.54. The van der Waals surface area contributed by atoms with Gasteiger partial charge in [0.25, 0.3) is 0 Å². The van der Waals surface area contributed by atoms with Crippen LogP contribution in [-0.4, -0.2) is 31.7 Å². The molecule has 1 heterocycles. The van der Waals surface area contributed by atoms with Gasteiger partial charge < -0.3 is 10.6 Å². The van der Waals surface area contributed by atoms with Crippen molar-refractivity contribution >= 4 is 5.91 Å². The Hall–Kier alpha value is -0.780. The van der Waals surface area contributed by atoms with Crippen molar-refractivity contribution < 1.29 is 18.0 Å². The first-order chi connectivity index (χ1) is 7.49. The molecule has 0 radical (unpaired) electrons. The number of carbonyl (C=O) groups is 1. The van der Waals surface area contributed by atoms with Gasteiger partial charge in [0.1, 0.15) is 0 Å². The van der Waals surface area contributed by atoms with Crippen molar-refractivity contribution in [2.24, 2.45) is 5.92 Å². The molecule has 0 saturated carbocycles. The summed E-state index contributed by atoms with van der Waals surface area (Å²) in [6.07, 6.45) is -3.25. The van der Waals surface area contributed by atoms with E-state index in [-0.39, 0.29) is 24.8 Å². The number of halogens is 3. The van der Waals surface area contributed by atoms with Crippen molar-refractivity contribution in [3.63, 3.8) is 0 Å². The first kappa shape index (κ1) is 13.3. The Kier molecular flexibility index (Phi) is 5.05. The molecular weight excluding hydrogens is 221 g/mol. The lowest BCUT2D eigenvalue weighted by atomic mass is 9.99. The maximum Gasteiger partial charge on any atom is 0.389 e. The van der Waals surface area contributed by atoms with E-state index >= 15 is 0 Å². The maximum absolute atomic E-state index is 11.8. The number of nitrogens with one attached hydrogen (secondary N) is 2. The Balaban J connectivity index is 2.10. The number of rotatable bonds is 4. The zero-order valence-electron chi connectivity index (χ0n) is 9.07. The lowest BCUT2D eigenvalue weighted by Crippen LogP contribution is -2.40. The normalized spacial score (nSPS) is 21.8. The summed E-state index contributed by atoms with van der Waals surface area (Å²) in [5.41, 5.74) is 0. The maximum atomic E-state index is 11.8. The zero-order valence-corrected chi connectivity index (χ0v) is 9.07. The summed E-state index contributed by atoms with van der Waals surface area (Å²) < 4.78 is 35.4. The van der Waals surface area contributed by atoms with Gasteiger partial charge in [-0.15, -0.1) is 0 Å². The summed E-state index contributed by atoms with van der Waals surface area (Å²) in [6.45, 7) is 1.65. The minimum Gasteiger partial charge on any atom is -0.356 e. The monoisotopic (exact) mass is 238 g/mol. The molecule has 0 spiro atoms. The second kappa shape index (κ2) is 6.08. The molecule has 1 amide bonds. The highest BCUT2D eigenvalue weighted by Crippen LogP contribution is 2.20. The third kappa shape index (κ3) is 5.34. The number of piperidine rings is 1. The predicted octanol–water partition coefficient (Wildman–Crippen LogP) is 1.44. The molecule has 0 aromatic heterocycles. The molecule has 0 bridgehead atoms. The standard InChI is InChI=1S/C10H17F3N2O/c11-10(12,13)4-2-6-15-9(16)8-3-1-5-14-7-8/h8,14H,1-7H2,(H,15,16)/t8-/m1/s1. The van der Waals surface area contributed by atoms with E-state index in [1.165, 1.54) is 0 Å². The number of hydrogen-bond acceptors (Lipinski definition) is 2. The molecule has 1 atom stereocenters. The Morgan fingerprint density at radius 3 is 2.75 bits per heavy atom. The molecule has 16 heavy (non-hydrogen) atoms. The molecule has 0 unspecified atom stereocenters. The Morgan fingerprint density at radius 2 is 2.19 bits per heavy atom. The highest BCUT2D eigenvalue weighted by Gasteiger charge is 2.26. The van der Waals surface area contributed by atoms with Crippen LogP contribution in [0.5, 0.6) is 0 Å². The molecule has 94 valence electrons. The average Bonchev–Trinajstić information content (AvgIpc) is 2.24. The van der Waals surface area contributed by atoms with Crippen LogP contribution in [0, 0.1) is 5.92 Å².